The van der Waals surface area contributed by atoms with Crippen molar-refractivity contribution in [2.45, 2.75) is 32.2 Å². The Kier molecular flexibility index (Phi) is 5.69. The van der Waals surface area contributed by atoms with E-state index in [0.29, 0.717) is 22.8 Å². The van der Waals surface area contributed by atoms with Crippen LogP contribution >= 0.6 is 11.3 Å². The second kappa shape index (κ2) is 8.26. The van der Waals surface area contributed by atoms with Crippen molar-refractivity contribution in [3.8, 4) is 0 Å². The number of amides is 2. The molecule has 0 radical (unpaired) electrons. The molecular formula is C22H22F2N2O3S. The molecule has 2 fully saturated rings. The van der Waals surface area contributed by atoms with Crippen LogP contribution in [0.1, 0.15) is 44.7 Å². The molecule has 1 saturated heterocycles. The second-order valence-electron chi connectivity index (χ2n) is 8.03. The standard InChI is InChI=1S/C22H22F2N2O3S/c1-12(27)18-6-7-19(30-18)22(29)26-10-14-2-3-15(11-26)21(14)25-20(28)8-13-4-5-16(23)9-17(13)24/h4-7,9,14-15,21H,2-3,8,10-11H2,1H3,(H,25,28)/t14-,15+,21?. The van der Waals surface area contributed by atoms with Crippen LogP contribution in [0.15, 0.2) is 30.3 Å². The van der Waals surface area contributed by atoms with Crippen LogP contribution in [-0.4, -0.2) is 41.6 Å². The number of hydrogen-bond donors (Lipinski definition) is 1. The minimum absolute atomic E-state index is 0.0545. The minimum atomic E-state index is -0.727. The molecule has 1 aliphatic heterocycles. The molecular weight excluding hydrogens is 410 g/mol. The van der Waals surface area contributed by atoms with Gasteiger partial charge in [-0.05, 0) is 55.4 Å². The van der Waals surface area contributed by atoms with Crippen LogP contribution in [0, 0.1) is 23.5 Å². The average Bonchev–Trinajstić information content (AvgIpc) is 3.26. The fraction of sp³-hybridized carbons (Fsp3) is 0.409. The number of likely N-dealkylation sites (tertiary alicyclic amines) is 1. The van der Waals surface area contributed by atoms with Crippen LogP contribution in [0.3, 0.4) is 0 Å². The number of piperidine rings is 1. The van der Waals surface area contributed by atoms with Gasteiger partial charge in [0, 0.05) is 25.2 Å². The van der Waals surface area contributed by atoms with Crippen molar-refractivity contribution in [1.82, 2.24) is 10.2 Å². The van der Waals surface area contributed by atoms with Gasteiger partial charge in [-0.25, -0.2) is 8.78 Å². The lowest BCUT2D eigenvalue weighted by Crippen LogP contribution is -2.54. The highest BCUT2D eigenvalue weighted by atomic mass is 32.1. The zero-order valence-electron chi connectivity index (χ0n) is 16.5. The molecule has 2 aliphatic rings. The number of thiophene rings is 1. The maximum atomic E-state index is 13.8. The highest BCUT2D eigenvalue weighted by Crippen LogP contribution is 2.38. The number of nitrogens with zero attached hydrogens (tertiary/aromatic N) is 1. The summed E-state index contributed by atoms with van der Waals surface area (Å²) in [5.41, 5.74) is 0.160. The van der Waals surface area contributed by atoms with Crippen molar-refractivity contribution in [3.63, 3.8) is 0 Å². The number of rotatable bonds is 5. The number of benzene rings is 1. The Balaban J connectivity index is 1.38. The van der Waals surface area contributed by atoms with Crippen molar-refractivity contribution in [2.24, 2.45) is 11.8 Å². The number of carbonyl (C=O) groups is 3. The van der Waals surface area contributed by atoms with E-state index in [2.05, 4.69) is 5.32 Å². The van der Waals surface area contributed by atoms with Crippen molar-refractivity contribution < 1.29 is 23.2 Å². The summed E-state index contributed by atoms with van der Waals surface area (Å²) in [7, 11) is 0. The van der Waals surface area contributed by atoms with Crippen molar-refractivity contribution in [1.29, 1.82) is 0 Å². The Morgan fingerprint density at radius 3 is 2.33 bits per heavy atom. The Hall–Kier alpha value is -2.61. The van der Waals surface area contributed by atoms with Crippen molar-refractivity contribution in [2.75, 3.05) is 13.1 Å². The van der Waals surface area contributed by atoms with Crippen molar-refractivity contribution >= 4 is 28.9 Å². The van der Waals surface area contributed by atoms with Crippen LogP contribution < -0.4 is 5.32 Å². The summed E-state index contributed by atoms with van der Waals surface area (Å²) in [5, 5.41) is 3.01. The fourth-order valence-electron chi connectivity index (χ4n) is 4.50. The van der Waals surface area contributed by atoms with Crippen LogP contribution in [0.2, 0.25) is 0 Å². The smallest absolute Gasteiger partial charge is 0.263 e. The van der Waals surface area contributed by atoms with Gasteiger partial charge in [0.15, 0.2) is 5.78 Å². The first-order valence-electron chi connectivity index (χ1n) is 9.95. The molecule has 5 nitrogen and oxygen atoms in total. The molecule has 1 unspecified atom stereocenters. The van der Waals surface area contributed by atoms with Crippen LogP contribution in [0.4, 0.5) is 8.78 Å². The summed E-state index contributed by atoms with van der Waals surface area (Å²) in [5.74, 6) is -1.56. The summed E-state index contributed by atoms with van der Waals surface area (Å²) >= 11 is 1.21. The van der Waals surface area contributed by atoms with E-state index >= 15 is 0 Å². The lowest BCUT2D eigenvalue weighted by molar-refractivity contribution is -0.122. The quantitative estimate of drug-likeness (QED) is 0.736. The Morgan fingerprint density at radius 2 is 1.73 bits per heavy atom. The molecule has 1 saturated carbocycles. The highest BCUT2D eigenvalue weighted by Gasteiger charge is 2.44. The number of fused-ring (bicyclic) bond motifs is 2. The molecule has 158 valence electrons. The highest BCUT2D eigenvalue weighted by molar-refractivity contribution is 7.15. The number of Topliss-reactive ketones (excluding diaryl/α,β-unsaturated/α-hetero) is 1. The first-order valence-corrected chi connectivity index (χ1v) is 10.8. The van der Waals surface area contributed by atoms with E-state index in [0.717, 1.165) is 25.0 Å². The number of hydrogen-bond acceptors (Lipinski definition) is 4. The predicted molar refractivity (Wildman–Crippen MR) is 108 cm³/mol. The monoisotopic (exact) mass is 432 g/mol. The molecule has 1 aromatic heterocycles. The van der Waals surface area contributed by atoms with E-state index in [1.165, 1.54) is 24.3 Å². The van der Waals surface area contributed by atoms with Gasteiger partial charge in [-0.2, -0.15) is 0 Å². The molecule has 2 bridgehead atoms. The van der Waals surface area contributed by atoms with Gasteiger partial charge >= 0.3 is 0 Å². The third-order valence-electron chi connectivity index (χ3n) is 5.98. The Labute approximate surface area is 177 Å². The molecule has 1 N–H and O–H groups in total. The van der Waals surface area contributed by atoms with Gasteiger partial charge in [-0.1, -0.05) is 6.07 Å². The maximum Gasteiger partial charge on any atom is 0.263 e. The third kappa shape index (κ3) is 4.14. The lowest BCUT2D eigenvalue weighted by atomic mass is 9.91. The molecule has 4 rings (SSSR count). The molecule has 3 atom stereocenters. The van der Waals surface area contributed by atoms with Crippen molar-refractivity contribution in [3.05, 3.63) is 57.3 Å². The van der Waals surface area contributed by atoms with Gasteiger partial charge in [0.2, 0.25) is 5.91 Å². The second-order valence-corrected chi connectivity index (χ2v) is 9.12. The number of halogens is 2. The summed E-state index contributed by atoms with van der Waals surface area (Å²) in [6.45, 7) is 2.56. The fourth-order valence-corrected chi connectivity index (χ4v) is 5.37. The van der Waals surface area contributed by atoms with Gasteiger partial charge in [0.05, 0.1) is 16.2 Å². The Morgan fingerprint density at radius 1 is 1.07 bits per heavy atom. The number of carbonyl (C=O) groups excluding carboxylic acids is 3. The topological polar surface area (TPSA) is 66.5 Å². The van der Waals surface area contributed by atoms with E-state index < -0.39 is 11.6 Å². The van der Waals surface area contributed by atoms with E-state index in [-0.39, 0.29) is 47.5 Å². The van der Waals surface area contributed by atoms with Gasteiger partial charge in [0.1, 0.15) is 11.6 Å². The van der Waals surface area contributed by atoms with Gasteiger partial charge in [-0.3, -0.25) is 14.4 Å². The summed E-state index contributed by atoms with van der Waals surface area (Å²) in [4.78, 5) is 39.7. The average molecular weight is 432 g/mol. The van der Waals surface area contributed by atoms with E-state index in [1.807, 2.05) is 0 Å². The Bertz CT molecular complexity index is 992. The maximum absolute atomic E-state index is 13.8. The van der Waals surface area contributed by atoms with E-state index in [4.69, 9.17) is 0 Å². The molecule has 2 amide bonds. The lowest BCUT2D eigenvalue weighted by Gasteiger charge is -2.38. The van der Waals surface area contributed by atoms with E-state index in [1.54, 1.807) is 17.0 Å². The molecule has 1 aromatic carbocycles. The first kappa shape index (κ1) is 20.7. The molecule has 8 heteroatoms. The zero-order chi connectivity index (χ0) is 21.4. The largest absolute Gasteiger partial charge is 0.352 e. The number of nitrogens with one attached hydrogen (secondary N) is 1. The van der Waals surface area contributed by atoms with Gasteiger partial charge in [-0.15, -0.1) is 11.3 Å². The van der Waals surface area contributed by atoms with Crippen LogP contribution in [0.5, 0.6) is 0 Å². The van der Waals surface area contributed by atoms with Crippen LogP contribution in [0.25, 0.3) is 0 Å². The normalized spacial score (nSPS) is 22.8. The predicted octanol–water partition coefficient (Wildman–Crippen LogP) is 3.44. The summed E-state index contributed by atoms with van der Waals surface area (Å²) < 4.78 is 26.9. The van der Waals surface area contributed by atoms with Gasteiger partial charge in [0.25, 0.3) is 5.91 Å². The summed E-state index contributed by atoms with van der Waals surface area (Å²) in [6.07, 6.45) is 1.68. The molecule has 2 aromatic rings. The third-order valence-corrected chi connectivity index (χ3v) is 7.15. The molecule has 1 aliphatic carbocycles. The molecule has 0 spiro atoms. The van der Waals surface area contributed by atoms with Crippen LogP contribution in [-0.2, 0) is 11.2 Å². The van der Waals surface area contributed by atoms with Gasteiger partial charge < -0.3 is 10.2 Å². The van der Waals surface area contributed by atoms with E-state index in [9.17, 15) is 23.2 Å². The minimum Gasteiger partial charge on any atom is -0.352 e. The first-order chi connectivity index (χ1) is 14.3. The SMILES string of the molecule is CC(=O)c1ccc(C(=O)N2C[C@H]3CC[C@@H](C2)C3NC(=O)Cc2ccc(F)cc2F)s1. The molecule has 30 heavy (non-hydrogen) atoms. The zero-order valence-corrected chi connectivity index (χ0v) is 17.3. The number of ketones is 1. The summed E-state index contributed by atoms with van der Waals surface area (Å²) in [6, 6.07) is 6.52. The molecule has 2 heterocycles.